The van der Waals surface area contributed by atoms with Crippen molar-refractivity contribution >= 4 is 11.6 Å². The van der Waals surface area contributed by atoms with Gasteiger partial charge in [-0.3, -0.25) is 0 Å². The first-order chi connectivity index (χ1) is 14.0. The van der Waals surface area contributed by atoms with E-state index in [1.807, 2.05) is 49.3 Å². The lowest BCUT2D eigenvalue weighted by atomic mass is 9.92. The second-order valence-electron chi connectivity index (χ2n) is 7.66. The molecule has 1 aromatic heterocycles. The molecule has 0 saturated carbocycles. The average molecular weight is 404 g/mol. The molecule has 1 saturated heterocycles. The molecule has 1 fully saturated rings. The van der Waals surface area contributed by atoms with E-state index in [1.54, 1.807) is 6.33 Å². The van der Waals surface area contributed by atoms with Crippen LogP contribution >= 0.6 is 0 Å². The fourth-order valence-corrected chi connectivity index (χ4v) is 3.51. The highest BCUT2D eigenvalue weighted by Gasteiger charge is 2.33. The molecule has 2 heterocycles. The van der Waals surface area contributed by atoms with Gasteiger partial charge in [-0.2, -0.15) is 0 Å². The number of nitrogens with one attached hydrogen (secondary N) is 1. The highest BCUT2D eigenvalue weighted by Crippen LogP contribution is 2.26. The fourth-order valence-electron chi connectivity index (χ4n) is 3.51. The van der Waals surface area contributed by atoms with Crippen molar-refractivity contribution in [1.29, 1.82) is 0 Å². The lowest BCUT2D eigenvalue weighted by Crippen LogP contribution is -2.53. The van der Waals surface area contributed by atoms with E-state index >= 15 is 0 Å². The number of benzene rings is 1. The van der Waals surface area contributed by atoms with Gasteiger partial charge in [-0.1, -0.05) is 12.1 Å². The quantitative estimate of drug-likeness (QED) is 0.663. The Kier molecular flexibility index (Phi) is 7.22. The number of piperidine rings is 1. The van der Waals surface area contributed by atoms with E-state index in [0.29, 0.717) is 25.4 Å². The van der Waals surface area contributed by atoms with Crippen LogP contribution in [0.5, 0.6) is 5.75 Å². The number of alkyl halides is 1. The number of aromatic nitrogens is 2. The molecule has 0 radical (unpaired) electrons. The van der Waals surface area contributed by atoms with Crippen LogP contribution in [0, 0.1) is 0 Å². The van der Waals surface area contributed by atoms with E-state index in [4.69, 9.17) is 4.74 Å². The zero-order chi connectivity index (χ0) is 20.7. The Hall–Kier alpha value is -2.45. The third-order valence-electron chi connectivity index (χ3n) is 5.03. The van der Waals surface area contributed by atoms with E-state index in [-0.39, 0.29) is 6.61 Å². The molecule has 8 heteroatoms. The number of β-amino-alcohol motifs (C(OH)–C–C–N with tert-alkyl or cyclic N) is 1. The first kappa shape index (κ1) is 21.3. The molecule has 7 nitrogen and oxygen atoms in total. The van der Waals surface area contributed by atoms with Crippen molar-refractivity contribution in [3.8, 4) is 5.75 Å². The van der Waals surface area contributed by atoms with Crippen LogP contribution in [-0.4, -0.2) is 67.7 Å². The Morgan fingerprint density at radius 1 is 1.28 bits per heavy atom. The standard InChI is InChI=1S/C21H30FN5O2/c1-26(2)19-12-20(25-16-24-19)27-10-3-8-21(28,15-27)14-23-13-17-4-6-18(7-5-17)29-11-9-22/h4-7,12,16,23,28H,3,8-11,13-15H2,1-2H3/t21-/m1/s1. The topological polar surface area (TPSA) is 73.8 Å². The maximum absolute atomic E-state index is 12.2. The van der Waals surface area contributed by atoms with Gasteiger partial charge >= 0.3 is 0 Å². The molecule has 0 bridgehead atoms. The van der Waals surface area contributed by atoms with E-state index in [1.165, 1.54) is 0 Å². The summed E-state index contributed by atoms with van der Waals surface area (Å²) in [6.07, 6.45) is 3.22. The van der Waals surface area contributed by atoms with E-state index in [2.05, 4.69) is 20.2 Å². The predicted octanol–water partition coefficient (Wildman–Crippen LogP) is 2.01. The molecular formula is C21H30FN5O2. The molecule has 1 aliphatic heterocycles. The fraction of sp³-hybridized carbons (Fsp3) is 0.524. The number of rotatable bonds is 9. The molecule has 29 heavy (non-hydrogen) atoms. The van der Waals surface area contributed by atoms with Crippen LogP contribution in [0.15, 0.2) is 36.7 Å². The molecule has 158 valence electrons. The summed E-state index contributed by atoms with van der Waals surface area (Å²) in [6, 6.07) is 9.51. The summed E-state index contributed by atoms with van der Waals surface area (Å²) in [6.45, 7) is 2.11. The van der Waals surface area contributed by atoms with Crippen molar-refractivity contribution in [2.45, 2.75) is 25.0 Å². The molecule has 3 rings (SSSR count). The monoisotopic (exact) mass is 403 g/mol. The molecule has 1 aliphatic rings. The molecule has 0 unspecified atom stereocenters. The van der Waals surface area contributed by atoms with Crippen LogP contribution in [0.25, 0.3) is 0 Å². The van der Waals surface area contributed by atoms with Gasteiger partial charge in [-0.25, -0.2) is 14.4 Å². The molecule has 0 amide bonds. The Balaban J connectivity index is 1.53. The van der Waals surface area contributed by atoms with Crippen molar-refractivity contribution in [2.75, 3.05) is 56.8 Å². The number of hydrogen-bond donors (Lipinski definition) is 2. The van der Waals surface area contributed by atoms with Crippen molar-refractivity contribution in [2.24, 2.45) is 0 Å². The minimum absolute atomic E-state index is 0.0729. The van der Waals surface area contributed by atoms with Gasteiger partial charge in [-0.15, -0.1) is 0 Å². The second kappa shape index (κ2) is 9.84. The van der Waals surface area contributed by atoms with Crippen LogP contribution in [-0.2, 0) is 6.54 Å². The minimum Gasteiger partial charge on any atom is -0.491 e. The summed E-state index contributed by atoms with van der Waals surface area (Å²) < 4.78 is 17.4. The van der Waals surface area contributed by atoms with Gasteiger partial charge < -0.3 is 25.0 Å². The number of nitrogens with zero attached hydrogens (tertiary/aromatic N) is 4. The summed E-state index contributed by atoms with van der Waals surface area (Å²) in [5.74, 6) is 2.35. The van der Waals surface area contributed by atoms with Gasteiger partial charge in [-0.05, 0) is 30.5 Å². The lowest BCUT2D eigenvalue weighted by molar-refractivity contribution is 0.0259. The SMILES string of the molecule is CN(C)c1cc(N2CCC[C@@](O)(CNCc3ccc(OCCF)cc3)C2)ncn1. The number of hydrogen-bond acceptors (Lipinski definition) is 7. The summed E-state index contributed by atoms with van der Waals surface area (Å²) in [5.41, 5.74) is 0.270. The first-order valence-electron chi connectivity index (χ1n) is 9.94. The summed E-state index contributed by atoms with van der Waals surface area (Å²) in [4.78, 5) is 12.7. The largest absolute Gasteiger partial charge is 0.491 e. The van der Waals surface area contributed by atoms with Crippen molar-refractivity contribution < 1.29 is 14.2 Å². The molecular weight excluding hydrogens is 373 g/mol. The summed E-state index contributed by atoms with van der Waals surface area (Å²) in [5, 5.41) is 14.4. The van der Waals surface area contributed by atoms with Gasteiger partial charge in [0, 0.05) is 46.3 Å². The van der Waals surface area contributed by atoms with Gasteiger partial charge in [0.2, 0.25) is 0 Å². The smallest absolute Gasteiger partial charge is 0.134 e. The van der Waals surface area contributed by atoms with Crippen LogP contribution in [0.4, 0.5) is 16.0 Å². The van der Waals surface area contributed by atoms with Crippen molar-refractivity contribution in [1.82, 2.24) is 15.3 Å². The van der Waals surface area contributed by atoms with Crippen molar-refractivity contribution in [3.05, 3.63) is 42.2 Å². The van der Waals surface area contributed by atoms with E-state index in [9.17, 15) is 9.50 Å². The molecule has 0 aliphatic carbocycles. The Morgan fingerprint density at radius 3 is 2.79 bits per heavy atom. The number of halogens is 1. The van der Waals surface area contributed by atoms with Gasteiger partial charge in [0.1, 0.15) is 37.0 Å². The molecule has 1 atom stereocenters. The Morgan fingerprint density at radius 2 is 2.07 bits per heavy atom. The lowest BCUT2D eigenvalue weighted by Gasteiger charge is -2.40. The molecule has 1 aromatic carbocycles. The zero-order valence-electron chi connectivity index (χ0n) is 17.1. The molecule has 0 spiro atoms. The van der Waals surface area contributed by atoms with Gasteiger partial charge in [0.05, 0.1) is 5.60 Å². The number of anilines is 2. The second-order valence-corrected chi connectivity index (χ2v) is 7.66. The van der Waals surface area contributed by atoms with Crippen LogP contribution in [0.2, 0.25) is 0 Å². The Bertz CT molecular complexity index is 774. The molecule has 2 aromatic rings. The maximum atomic E-state index is 12.2. The van der Waals surface area contributed by atoms with Crippen LogP contribution in [0.3, 0.4) is 0 Å². The highest BCUT2D eigenvalue weighted by molar-refractivity contribution is 5.49. The maximum Gasteiger partial charge on any atom is 0.134 e. The van der Waals surface area contributed by atoms with E-state index < -0.39 is 12.3 Å². The summed E-state index contributed by atoms with van der Waals surface area (Å²) in [7, 11) is 3.89. The van der Waals surface area contributed by atoms with Crippen LogP contribution in [0.1, 0.15) is 18.4 Å². The summed E-state index contributed by atoms with van der Waals surface area (Å²) >= 11 is 0. The third kappa shape index (κ3) is 6.01. The first-order valence-corrected chi connectivity index (χ1v) is 9.94. The van der Waals surface area contributed by atoms with E-state index in [0.717, 1.165) is 36.6 Å². The van der Waals surface area contributed by atoms with Crippen LogP contribution < -0.4 is 19.9 Å². The Labute approximate surface area is 171 Å². The zero-order valence-corrected chi connectivity index (χ0v) is 17.1. The number of ether oxygens (including phenoxy) is 1. The number of aliphatic hydroxyl groups is 1. The van der Waals surface area contributed by atoms with Gasteiger partial charge in [0.15, 0.2) is 0 Å². The van der Waals surface area contributed by atoms with Gasteiger partial charge in [0.25, 0.3) is 0 Å². The molecule has 2 N–H and O–H groups in total. The highest BCUT2D eigenvalue weighted by atomic mass is 19.1. The minimum atomic E-state index is -0.814. The third-order valence-corrected chi connectivity index (χ3v) is 5.03. The average Bonchev–Trinajstić information content (AvgIpc) is 2.73. The normalized spacial score (nSPS) is 19.2. The van der Waals surface area contributed by atoms with Crippen molar-refractivity contribution in [3.63, 3.8) is 0 Å². The predicted molar refractivity (Wildman–Crippen MR) is 112 cm³/mol.